The van der Waals surface area contributed by atoms with Crippen LogP contribution in [-0.2, 0) is 0 Å². The Morgan fingerprint density at radius 1 is 1.10 bits per heavy atom. The predicted molar refractivity (Wildman–Crippen MR) is 115 cm³/mol. The highest BCUT2D eigenvalue weighted by Gasteiger charge is 2.23. The van der Waals surface area contributed by atoms with Crippen molar-refractivity contribution in [1.82, 2.24) is 15.2 Å². The SMILES string of the molecule is Cc1cccc(N2CCN(C(=O)c3ccnc(C(=O)NCCC(C)C)c3)CC2)c1. The van der Waals surface area contributed by atoms with Crippen LogP contribution >= 0.6 is 0 Å². The number of benzene rings is 1. The third-order valence-electron chi connectivity index (χ3n) is 5.18. The first-order chi connectivity index (χ1) is 13.9. The molecule has 1 fully saturated rings. The molecule has 0 atom stereocenters. The Hall–Kier alpha value is -2.89. The van der Waals surface area contributed by atoms with Gasteiger partial charge in [0.05, 0.1) is 0 Å². The summed E-state index contributed by atoms with van der Waals surface area (Å²) in [6, 6.07) is 11.7. The van der Waals surface area contributed by atoms with Crippen LogP contribution < -0.4 is 10.2 Å². The highest BCUT2D eigenvalue weighted by Crippen LogP contribution is 2.18. The van der Waals surface area contributed by atoms with E-state index in [1.54, 1.807) is 12.1 Å². The van der Waals surface area contributed by atoms with Crippen LogP contribution in [0.2, 0.25) is 0 Å². The van der Waals surface area contributed by atoms with Crippen LogP contribution in [0, 0.1) is 12.8 Å². The van der Waals surface area contributed by atoms with E-state index in [4.69, 9.17) is 0 Å². The average Bonchev–Trinajstić information content (AvgIpc) is 2.73. The van der Waals surface area contributed by atoms with E-state index in [-0.39, 0.29) is 17.5 Å². The Morgan fingerprint density at radius 3 is 2.55 bits per heavy atom. The monoisotopic (exact) mass is 394 g/mol. The van der Waals surface area contributed by atoms with Crippen molar-refractivity contribution in [2.75, 3.05) is 37.6 Å². The van der Waals surface area contributed by atoms with Gasteiger partial charge in [-0.25, -0.2) is 0 Å². The molecule has 1 N–H and O–H groups in total. The van der Waals surface area contributed by atoms with Crippen LogP contribution in [0.1, 0.15) is 46.7 Å². The molecule has 0 spiro atoms. The number of anilines is 1. The Bertz CT molecular complexity index is 857. The van der Waals surface area contributed by atoms with Crippen LogP contribution in [0.5, 0.6) is 0 Å². The largest absolute Gasteiger partial charge is 0.368 e. The van der Waals surface area contributed by atoms with Crippen molar-refractivity contribution in [2.45, 2.75) is 27.2 Å². The lowest BCUT2D eigenvalue weighted by atomic mass is 10.1. The van der Waals surface area contributed by atoms with E-state index in [0.717, 1.165) is 19.5 Å². The number of aryl methyl sites for hydroxylation is 1. The van der Waals surface area contributed by atoms with Crippen molar-refractivity contribution in [3.05, 3.63) is 59.4 Å². The molecule has 6 nitrogen and oxygen atoms in total. The highest BCUT2D eigenvalue weighted by atomic mass is 16.2. The summed E-state index contributed by atoms with van der Waals surface area (Å²) in [7, 11) is 0. The number of pyridine rings is 1. The lowest BCUT2D eigenvalue weighted by Gasteiger charge is -2.36. The van der Waals surface area contributed by atoms with E-state index < -0.39 is 0 Å². The summed E-state index contributed by atoms with van der Waals surface area (Å²) >= 11 is 0. The summed E-state index contributed by atoms with van der Waals surface area (Å²) in [6.45, 7) is 9.83. The van der Waals surface area contributed by atoms with Crippen LogP contribution in [0.15, 0.2) is 42.6 Å². The maximum atomic E-state index is 12.9. The molecule has 6 heteroatoms. The normalized spacial score (nSPS) is 14.2. The minimum absolute atomic E-state index is 0.0486. The van der Waals surface area contributed by atoms with E-state index in [2.05, 4.69) is 60.2 Å². The molecule has 2 aromatic rings. The summed E-state index contributed by atoms with van der Waals surface area (Å²) in [5.41, 5.74) is 3.23. The van der Waals surface area contributed by atoms with Crippen molar-refractivity contribution in [3.8, 4) is 0 Å². The molecule has 1 aliphatic rings. The van der Waals surface area contributed by atoms with Crippen molar-refractivity contribution >= 4 is 17.5 Å². The molecule has 1 aromatic heterocycles. The Balaban J connectivity index is 1.59. The van der Waals surface area contributed by atoms with E-state index >= 15 is 0 Å². The number of nitrogens with one attached hydrogen (secondary N) is 1. The number of carbonyl (C=O) groups is 2. The quantitative estimate of drug-likeness (QED) is 0.818. The molecule has 29 heavy (non-hydrogen) atoms. The Labute approximate surface area is 172 Å². The van der Waals surface area contributed by atoms with E-state index in [9.17, 15) is 9.59 Å². The molecule has 0 aliphatic carbocycles. The number of rotatable bonds is 6. The van der Waals surface area contributed by atoms with Crippen molar-refractivity contribution in [1.29, 1.82) is 0 Å². The lowest BCUT2D eigenvalue weighted by molar-refractivity contribution is 0.0746. The van der Waals surface area contributed by atoms with Gasteiger partial charge in [0.25, 0.3) is 11.8 Å². The van der Waals surface area contributed by atoms with Crippen molar-refractivity contribution in [3.63, 3.8) is 0 Å². The number of hydrogen-bond acceptors (Lipinski definition) is 4. The van der Waals surface area contributed by atoms with Gasteiger partial charge in [-0.2, -0.15) is 0 Å². The minimum atomic E-state index is -0.232. The maximum absolute atomic E-state index is 12.9. The van der Waals surface area contributed by atoms with Gasteiger partial charge in [0.1, 0.15) is 5.69 Å². The van der Waals surface area contributed by atoms with Crippen LogP contribution in [0.4, 0.5) is 5.69 Å². The van der Waals surface area contributed by atoms with Gasteiger partial charge in [-0.3, -0.25) is 14.6 Å². The molecule has 1 aliphatic heterocycles. The van der Waals surface area contributed by atoms with Crippen LogP contribution in [-0.4, -0.2) is 54.4 Å². The standard InChI is InChI=1S/C23H30N4O2/c1-17(2)7-9-25-22(28)21-16-19(8-10-24-21)23(29)27-13-11-26(12-14-27)20-6-4-5-18(3)15-20/h4-6,8,10,15-17H,7,9,11-14H2,1-3H3,(H,25,28). The zero-order valence-corrected chi connectivity index (χ0v) is 17.5. The molecule has 0 unspecified atom stereocenters. The lowest BCUT2D eigenvalue weighted by Crippen LogP contribution is -2.48. The zero-order chi connectivity index (χ0) is 20.8. The molecule has 2 heterocycles. The van der Waals surface area contributed by atoms with Crippen molar-refractivity contribution < 1.29 is 9.59 Å². The van der Waals surface area contributed by atoms with E-state index in [0.29, 0.717) is 31.1 Å². The van der Waals surface area contributed by atoms with E-state index in [1.807, 2.05) is 4.90 Å². The predicted octanol–water partition coefficient (Wildman–Crippen LogP) is 3.13. The molecule has 1 aromatic carbocycles. The van der Waals surface area contributed by atoms with Gasteiger partial charge < -0.3 is 15.1 Å². The van der Waals surface area contributed by atoms with Gasteiger partial charge in [0, 0.05) is 50.2 Å². The van der Waals surface area contributed by atoms with Crippen LogP contribution in [0.25, 0.3) is 0 Å². The summed E-state index contributed by atoms with van der Waals surface area (Å²) in [5.74, 6) is 0.242. The molecular weight excluding hydrogens is 364 g/mol. The van der Waals surface area contributed by atoms with Gasteiger partial charge >= 0.3 is 0 Å². The number of carbonyl (C=O) groups excluding carboxylic acids is 2. The fraction of sp³-hybridized carbons (Fsp3) is 0.435. The Morgan fingerprint density at radius 2 is 1.86 bits per heavy atom. The van der Waals surface area contributed by atoms with Gasteiger partial charge in [-0.1, -0.05) is 26.0 Å². The third-order valence-corrected chi connectivity index (χ3v) is 5.18. The van der Waals surface area contributed by atoms with Crippen molar-refractivity contribution in [2.24, 2.45) is 5.92 Å². The second-order valence-electron chi connectivity index (χ2n) is 7.99. The molecular formula is C23H30N4O2. The molecule has 3 rings (SSSR count). The molecule has 1 saturated heterocycles. The van der Waals surface area contributed by atoms with Gasteiger partial charge in [-0.05, 0) is 49.1 Å². The second-order valence-corrected chi connectivity index (χ2v) is 7.99. The smallest absolute Gasteiger partial charge is 0.269 e. The topological polar surface area (TPSA) is 65.5 Å². The summed E-state index contributed by atoms with van der Waals surface area (Å²) in [4.78, 5) is 33.5. The fourth-order valence-electron chi connectivity index (χ4n) is 3.43. The van der Waals surface area contributed by atoms with Crippen LogP contribution in [0.3, 0.4) is 0 Å². The molecule has 2 amide bonds. The summed E-state index contributed by atoms with van der Waals surface area (Å²) in [6.07, 6.45) is 2.45. The molecule has 0 radical (unpaired) electrons. The highest BCUT2D eigenvalue weighted by molar-refractivity contribution is 5.98. The first kappa shape index (κ1) is 20.8. The fourth-order valence-corrected chi connectivity index (χ4v) is 3.43. The number of piperazine rings is 1. The summed E-state index contributed by atoms with van der Waals surface area (Å²) < 4.78 is 0. The number of aromatic nitrogens is 1. The van der Waals surface area contributed by atoms with E-state index in [1.165, 1.54) is 17.4 Å². The third kappa shape index (κ3) is 5.56. The number of hydrogen-bond donors (Lipinski definition) is 1. The minimum Gasteiger partial charge on any atom is -0.368 e. The number of nitrogens with zero attached hydrogens (tertiary/aromatic N) is 3. The Kier molecular flexibility index (Phi) is 6.86. The first-order valence-electron chi connectivity index (χ1n) is 10.3. The first-order valence-corrected chi connectivity index (χ1v) is 10.3. The van der Waals surface area contributed by atoms with Gasteiger partial charge in [0.2, 0.25) is 0 Å². The molecule has 154 valence electrons. The van der Waals surface area contributed by atoms with Gasteiger partial charge in [-0.15, -0.1) is 0 Å². The zero-order valence-electron chi connectivity index (χ0n) is 17.5. The summed E-state index contributed by atoms with van der Waals surface area (Å²) in [5, 5.41) is 2.87. The molecule has 0 saturated carbocycles. The maximum Gasteiger partial charge on any atom is 0.269 e. The van der Waals surface area contributed by atoms with Gasteiger partial charge in [0.15, 0.2) is 0 Å². The average molecular weight is 395 g/mol. The molecule has 0 bridgehead atoms. The number of amides is 2. The second kappa shape index (κ2) is 9.54.